The summed E-state index contributed by atoms with van der Waals surface area (Å²) in [5, 5.41) is 20.7. The summed E-state index contributed by atoms with van der Waals surface area (Å²) in [5.41, 5.74) is 0.661. The Kier molecular flexibility index (Phi) is 5.15. The molecule has 0 bridgehead atoms. The summed E-state index contributed by atoms with van der Waals surface area (Å²) in [4.78, 5) is 22.0. The molecule has 0 aliphatic carbocycles. The van der Waals surface area contributed by atoms with Gasteiger partial charge in [0.2, 0.25) is 5.91 Å². The minimum Gasteiger partial charge on any atom is -0.508 e. The van der Waals surface area contributed by atoms with Crippen molar-refractivity contribution in [3.8, 4) is 5.75 Å². The molecule has 0 aromatic heterocycles. The Balaban J connectivity index is 3.01. The third-order valence-electron chi connectivity index (χ3n) is 2.21. The van der Waals surface area contributed by atoms with E-state index in [0.29, 0.717) is 14.5 Å². The van der Waals surface area contributed by atoms with Crippen LogP contribution in [0.4, 0.5) is 0 Å². The maximum atomic E-state index is 11.0. The highest BCUT2D eigenvalue weighted by Gasteiger charge is 2.21. The van der Waals surface area contributed by atoms with Crippen molar-refractivity contribution in [3.05, 3.63) is 26.6 Å². The van der Waals surface area contributed by atoms with Gasteiger partial charge in [-0.15, -0.1) is 0 Å². The van der Waals surface area contributed by atoms with Crippen molar-refractivity contribution in [2.75, 3.05) is 0 Å². The smallest absolute Gasteiger partial charge is 0.326 e. The fraction of sp³-hybridized carbons (Fsp3) is 0.273. The number of phenolic OH excluding ortho intramolecular Hbond substituents is 1. The van der Waals surface area contributed by atoms with Gasteiger partial charge < -0.3 is 15.5 Å². The molecule has 98 valence electrons. The van der Waals surface area contributed by atoms with Gasteiger partial charge in [0.25, 0.3) is 0 Å². The van der Waals surface area contributed by atoms with Gasteiger partial charge in [0.1, 0.15) is 11.8 Å². The van der Waals surface area contributed by atoms with E-state index in [1.54, 1.807) is 0 Å². The van der Waals surface area contributed by atoms with Crippen LogP contribution < -0.4 is 5.32 Å². The van der Waals surface area contributed by atoms with Gasteiger partial charge in [0.15, 0.2) is 0 Å². The number of carbonyl (C=O) groups excluding carboxylic acids is 1. The molecule has 0 spiro atoms. The summed E-state index contributed by atoms with van der Waals surface area (Å²) in [6.07, 6.45) is 0.107. The van der Waals surface area contributed by atoms with Gasteiger partial charge in [-0.05, 0) is 17.7 Å². The SMILES string of the molecule is CC(=O)NC(Cc1c(Br)cc(O)cc1Br)C(=O)O. The number of amides is 1. The van der Waals surface area contributed by atoms with Crippen LogP contribution in [0.25, 0.3) is 0 Å². The largest absolute Gasteiger partial charge is 0.508 e. The fourth-order valence-corrected chi connectivity index (χ4v) is 2.92. The molecule has 18 heavy (non-hydrogen) atoms. The number of hydrogen-bond acceptors (Lipinski definition) is 3. The first-order chi connectivity index (χ1) is 8.31. The van der Waals surface area contributed by atoms with Crippen molar-refractivity contribution in [2.45, 2.75) is 19.4 Å². The van der Waals surface area contributed by atoms with Gasteiger partial charge in [-0.3, -0.25) is 4.79 Å². The number of hydrogen-bond donors (Lipinski definition) is 3. The number of benzene rings is 1. The minimum absolute atomic E-state index is 0.0592. The summed E-state index contributed by atoms with van der Waals surface area (Å²) in [6, 6.07) is 1.92. The van der Waals surface area contributed by atoms with E-state index >= 15 is 0 Å². The van der Waals surface area contributed by atoms with Crippen LogP contribution in [-0.2, 0) is 16.0 Å². The van der Waals surface area contributed by atoms with Gasteiger partial charge in [-0.1, -0.05) is 31.9 Å². The van der Waals surface area contributed by atoms with E-state index < -0.39 is 17.9 Å². The van der Waals surface area contributed by atoms with Crippen LogP contribution >= 0.6 is 31.9 Å². The van der Waals surface area contributed by atoms with Gasteiger partial charge >= 0.3 is 5.97 Å². The zero-order chi connectivity index (χ0) is 13.9. The summed E-state index contributed by atoms with van der Waals surface area (Å²) in [5.74, 6) is -1.46. The Labute approximate surface area is 120 Å². The Morgan fingerprint density at radius 2 is 1.83 bits per heavy atom. The molecule has 0 aliphatic heterocycles. The van der Waals surface area contributed by atoms with E-state index in [4.69, 9.17) is 5.11 Å². The Morgan fingerprint density at radius 1 is 1.33 bits per heavy atom. The molecule has 1 aromatic carbocycles. The average Bonchev–Trinajstić information content (AvgIpc) is 2.20. The van der Waals surface area contributed by atoms with E-state index in [1.165, 1.54) is 19.1 Å². The first kappa shape index (κ1) is 15.0. The van der Waals surface area contributed by atoms with Crippen LogP contribution in [0.2, 0.25) is 0 Å². The number of rotatable bonds is 4. The molecule has 1 amide bonds. The highest BCUT2D eigenvalue weighted by atomic mass is 79.9. The predicted molar refractivity (Wildman–Crippen MR) is 72.5 cm³/mol. The zero-order valence-electron chi connectivity index (χ0n) is 9.41. The quantitative estimate of drug-likeness (QED) is 0.746. The maximum absolute atomic E-state index is 11.0. The average molecular weight is 381 g/mol. The number of aromatic hydroxyl groups is 1. The van der Waals surface area contributed by atoms with Gasteiger partial charge in [0, 0.05) is 22.3 Å². The van der Waals surface area contributed by atoms with E-state index in [2.05, 4.69) is 37.2 Å². The highest BCUT2D eigenvalue weighted by Crippen LogP contribution is 2.31. The molecule has 1 atom stereocenters. The van der Waals surface area contributed by atoms with Crippen molar-refractivity contribution in [3.63, 3.8) is 0 Å². The van der Waals surface area contributed by atoms with Crippen molar-refractivity contribution < 1.29 is 19.8 Å². The van der Waals surface area contributed by atoms with E-state index in [1.807, 2.05) is 0 Å². The Bertz CT molecular complexity index is 467. The number of halogens is 2. The summed E-state index contributed by atoms with van der Waals surface area (Å²) in [7, 11) is 0. The number of nitrogens with one attached hydrogen (secondary N) is 1. The third-order valence-corrected chi connectivity index (χ3v) is 3.62. The lowest BCUT2D eigenvalue weighted by Crippen LogP contribution is -2.41. The molecule has 1 unspecified atom stereocenters. The highest BCUT2D eigenvalue weighted by molar-refractivity contribution is 9.11. The fourth-order valence-electron chi connectivity index (χ4n) is 1.43. The van der Waals surface area contributed by atoms with Crippen LogP contribution in [0.3, 0.4) is 0 Å². The van der Waals surface area contributed by atoms with E-state index in [0.717, 1.165) is 0 Å². The lowest BCUT2D eigenvalue weighted by Gasteiger charge is -2.15. The van der Waals surface area contributed by atoms with E-state index in [-0.39, 0.29) is 12.2 Å². The first-order valence-electron chi connectivity index (χ1n) is 4.98. The number of carbonyl (C=O) groups is 2. The van der Waals surface area contributed by atoms with E-state index in [9.17, 15) is 14.7 Å². The summed E-state index contributed by atoms with van der Waals surface area (Å²) in [6.45, 7) is 1.26. The van der Waals surface area contributed by atoms with Gasteiger partial charge in [-0.2, -0.15) is 0 Å². The second-order valence-corrected chi connectivity index (χ2v) is 5.39. The number of carboxylic acid groups (broad SMARTS) is 1. The molecule has 0 aliphatic rings. The number of carboxylic acids is 1. The van der Waals surface area contributed by atoms with Gasteiger partial charge in [-0.25, -0.2) is 4.79 Å². The first-order valence-corrected chi connectivity index (χ1v) is 6.56. The molecule has 0 radical (unpaired) electrons. The number of phenols is 1. The molecule has 5 nitrogen and oxygen atoms in total. The van der Waals surface area contributed by atoms with Gasteiger partial charge in [0.05, 0.1) is 0 Å². The molecular weight excluding hydrogens is 370 g/mol. The number of aliphatic carboxylic acids is 1. The van der Waals surface area contributed by atoms with Crippen molar-refractivity contribution in [1.29, 1.82) is 0 Å². The van der Waals surface area contributed by atoms with Crippen LogP contribution in [-0.4, -0.2) is 28.1 Å². The molecular formula is C11H11Br2NO4. The molecule has 1 aromatic rings. The molecule has 0 heterocycles. The standard InChI is InChI=1S/C11H11Br2NO4/c1-5(15)14-10(11(17)18)4-7-8(12)2-6(16)3-9(7)13/h2-3,10,16H,4H2,1H3,(H,14,15)(H,17,18). The Hall–Kier alpha value is -1.08. The topological polar surface area (TPSA) is 86.6 Å². The molecule has 0 fully saturated rings. The third kappa shape index (κ3) is 3.99. The second-order valence-electron chi connectivity index (χ2n) is 3.68. The molecule has 1 rings (SSSR count). The Morgan fingerprint density at radius 3 is 2.22 bits per heavy atom. The lowest BCUT2D eigenvalue weighted by atomic mass is 10.1. The zero-order valence-corrected chi connectivity index (χ0v) is 12.6. The maximum Gasteiger partial charge on any atom is 0.326 e. The monoisotopic (exact) mass is 379 g/mol. The van der Waals surface area contributed by atoms with Crippen molar-refractivity contribution in [2.24, 2.45) is 0 Å². The van der Waals surface area contributed by atoms with Crippen molar-refractivity contribution in [1.82, 2.24) is 5.32 Å². The summed E-state index contributed by atoms with van der Waals surface area (Å²) < 4.78 is 1.15. The molecule has 3 N–H and O–H groups in total. The predicted octanol–water partition coefficient (Wildman–Crippen LogP) is 2.05. The minimum atomic E-state index is -1.11. The normalized spacial score (nSPS) is 11.9. The summed E-state index contributed by atoms with van der Waals surface area (Å²) >= 11 is 6.49. The molecule has 7 heteroatoms. The van der Waals surface area contributed by atoms with Crippen LogP contribution in [0, 0.1) is 0 Å². The van der Waals surface area contributed by atoms with Crippen LogP contribution in [0.1, 0.15) is 12.5 Å². The van der Waals surface area contributed by atoms with Crippen LogP contribution in [0.15, 0.2) is 21.1 Å². The second kappa shape index (κ2) is 6.19. The van der Waals surface area contributed by atoms with Crippen LogP contribution in [0.5, 0.6) is 5.75 Å². The van der Waals surface area contributed by atoms with Crippen molar-refractivity contribution >= 4 is 43.7 Å². The lowest BCUT2D eigenvalue weighted by molar-refractivity contribution is -0.141. The molecule has 0 saturated carbocycles. The molecule has 0 saturated heterocycles.